The van der Waals surface area contributed by atoms with Gasteiger partial charge in [0.15, 0.2) is 5.78 Å². The number of ether oxygens (including phenoxy) is 1. The highest BCUT2D eigenvalue weighted by molar-refractivity contribution is 5.96. The third-order valence-corrected chi connectivity index (χ3v) is 2.79. The first-order chi connectivity index (χ1) is 7.37. The van der Waals surface area contributed by atoms with Crippen LogP contribution >= 0.6 is 0 Å². The van der Waals surface area contributed by atoms with Crippen LogP contribution in [0, 0.1) is 5.92 Å². The molecule has 4 heteroatoms. The van der Waals surface area contributed by atoms with Gasteiger partial charge < -0.3 is 10.1 Å². The predicted octanol–water partition coefficient (Wildman–Crippen LogP) is 0.815. The number of carbonyl (C=O) groups is 2. The van der Waals surface area contributed by atoms with Gasteiger partial charge in [0.1, 0.15) is 11.6 Å². The number of rotatable bonds is 1. The average molecular weight is 223 g/mol. The van der Waals surface area contributed by atoms with E-state index in [-0.39, 0.29) is 17.7 Å². The summed E-state index contributed by atoms with van der Waals surface area (Å²) in [5.41, 5.74) is 0.416. The van der Waals surface area contributed by atoms with Gasteiger partial charge in [0.05, 0.1) is 0 Å². The van der Waals surface area contributed by atoms with Crippen molar-refractivity contribution in [2.24, 2.45) is 5.92 Å². The number of esters is 1. The minimum absolute atomic E-state index is 0.120. The van der Waals surface area contributed by atoms with Crippen molar-refractivity contribution < 1.29 is 14.3 Å². The molecule has 0 amide bonds. The second-order valence-electron chi connectivity index (χ2n) is 5.39. The lowest BCUT2D eigenvalue weighted by Gasteiger charge is -2.22. The van der Waals surface area contributed by atoms with Crippen molar-refractivity contribution >= 4 is 11.8 Å². The molecule has 0 spiro atoms. The van der Waals surface area contributed by atoms with Gasteiger partial charge in [-0.25, -0.2) is 4.79 Å². The molecule has 0 radical (unpaired) electrons. The lowest BCUT2D eigenvalue weighted by atomic mass is 10.0. The molecule has 2 atom stereocenters. The van der Waals surface area contributed by atoms with Gasteiger partial charge in [-0.3, -0.25) is 4.79 Å². The largest absolute Gasteiger partial charge is 0.459 e. The van der Waals surface area contributed by atoms with Crippen molar-refractivity contribution in [2.75, 3.05) is 6.54 Å². The Bertz CT molecular complexity index is 365. The molecule has 0 aromatic carbocycles. The van der Waals surface area contributed by atoms with Crippen LogP contribution in [0.15, 0.2) is 11.6 Å². The summed E-state index contributed by atoms with van der Waals surface area (Å²) in [6.45, 7) is 6.21. The number of nitrogens with one attached hydrogen (secondary N) is 1. The Morgan fingerprint density at radius 2 is 2.19 bits per heavy atom. The molecular formula is C12H17NO3. The highest BCUT2D eigenvalue weighted by Crippen LogP contribution is 2.31. The topological polar surface area (TPSA) is 55.4 Å². The Hall–Kier alpha value is -1.16. The molecule has 4 nitrogen and oxygen atoms in total. The van der Waals surface area contributed by atoms with E-state index in [2.05, 4.69) is 5.32 Å². The smallest absolute Gasteiger partial charge is 0.327 e. The highest BCUT2D eigenvalue weighted by Gasteiger charge is 2.40. The summed E-state index contributed by atoms with van der Waals surface area (Å²) < 4.78 is 5.31. The molecule has 2 rings (SSSR count). The molecule has 2 unspecified atom stereocenters. The fourth-order valence-corrected chi connectivity index (χ4v) is 2.19. The Morgan fingerprint density at radius 1 is 1.50 bits per heavy atom. The molecule has 0 saturated carbocycles. The summed E-state index contributed by atoms with van der Waals surface area (Å²) in [7, 11) is 0. The maximum Gasteiger partial charge on any atom is 0.327 e. The van der Waals surface area contributed by atoms with Gasteiger partial charge in [0, 0.05) is 18.9 Å². The van der Waals surface area contributed by atoms with Crippen molar-refractivity contribution in [3.05, 3.63) is 11.6 Å². The third-order valence-electron chi connectivity index (χ3n) is 2.79. The van der Waals surface area contributed by atoms with Crippen LogP contribution in [0.3, 0.4) is 0 Å². The zero-order valence-corrected chi connectivity index (χ0v) is 9.87. The Labute approximate surface area is 95.0 Å². The summed E-state index contributed by atoms with van der Waals surface area (Å²) >= 11 is 0. The van der Waals surface area contributed by atoms with Crippen molar-refractivity contribution in [3.8, 4) is 0 Å². The van der Waals surface area contributed by atoms with Crippen LogP contribution in [0.1, 0.15) is 27.2 Å². The third kappa shape index (κ3) is 2.16. The van der Waals surface area contributed by atoms with E-state index >= 15 is 0 Å². The summed E-state index contributed by atoms with van der Waals surface area (Å²) in [6.07, 6.45) is 2.13. The molecule has 1 heterocycles. The molecule has 0 aromatic heterocycles. The van der Waals surface area contributed by atoms with Gasteiger partial charge in [-0.05, 0) is 32.4 Å². The maximum absolute atomic E-state index is 11.9. The van der Waals surface area contributed by atoms with Crippen molar-refractivity contribution in [1.82, 2.24) is 5.32 Å². The molecule has 1 N–H and O–H groups in total. The summed E-state index contributed by atoms with van der Waals surface area (Å²) in [6, 6.07) is -0.421. The average Bonchev–Trinajstić information content (AvgIpc) is 2.58. The summed E-state index contributed by atoms with van der Waals surface area (Å²) in [4.78, 5) is 23.1. The van der Waals surface area contributed by atoms with Crippen LogP contribution in [0.5, 0.6) is 0 Å². The summed E-state index contributed by atoms with van der Waals surface area (Å²) in [5.74, 6) is 0.0380. The standard InChI is InChI=1S/C12H17NO3/c1-12(2,3)16-11(15)10-9-5-8(14)4-7(9)6-13-10/h5,7,10,13H,4,6H2,1-3H3. The SMILES string of the molecule is CC(C)(C)OC(=O)C1NCC2CC(=O)C=C21. The van der Waals surface area contributed by atoms with Crippen LogP contribution in [0.4, 0.5) is 0 Å². The van der Waals surface area contributed by atoms with Gasteiger partial charge in [0.2, 0.25) is 0 Å². The second-order valence-corrected chi connectivity index (χ2v) is 5.39. The monoisotopic (exact) mass is 223 g/mol. The first-order valence-electron chi connectivity index (χ1n) is 5.57. The first-order valence-corrected chi connectivity index (χ1v) is 5.57. The normalized spacial score (nSPS) is 28.9. The number of allylic oxidation sites excluding steroid dienone is 1. The van der Waals surface area contributed by atoms with Gasteiger partial charge in [-0.15, -0.1) is 0 Å². The van der Waals surface area contributed by atoms with E-state index < -0.39 is 11.6 Å². The first kappa shape index (κ1) is 11.3. The fraction of sp³-hybridized carbons (Fsp3) is 0.667. The molecule has 16 heavy (non-hydrogen) atoms. The Morgan fingerprint density at radius 3 is 2.81 bits per heavy atom. The van der Waals surface area contributed by atoms with Gasteiger partial charge in [-0.2, -0.15) is 0 Å². The predicted molar refractivity (Wildman–Crippen MR) is 58.8 cm³/mol. The van der Waals surface area contributed by atoms with Crippen molar-refractivity contribution in [3.63, 3.8) is 0 Å². The minimum Gasteiger partial charge on any atom is -0.459 e. The quantitative estimate of drug-likeness (QED) is 0.668. The van der Waals surface area contributed by atoms with E-state index in [1.54, 1.807) is 6.08 Å². The summed E-state index contributed by atoms with van der Waals surface area (Å²) in [5, 5.41) is 3.11. The molecule has 88 valence electrons. The van der Waals surface area contributed by atoms with Gasteiger partial charge in [-0.1, -0.05) is 0 Å². The lowest BCUT2D eigenvalue weighted by Crippen LogP contribution is -2.38. The molecule has 0 bridgehead atoms. The molecule has 1 aliphatic heterocycles. The minimum atomic E-state index is -0.486. The van der Waals surface area contributed by atoms with Crippen LogP contribution in [0.2, 0.25) is 0 Å². The molecule has 1 fully saturated rings. The molecule has 1 saturated heterocycles. The maximum atomic E-state index is 11.9. The van der Waals surface area contributed by atoms with Crippen LogP contribution in [-0.2, 0) is 14.3 Å². The van der Waals surface area contributed by atoms with Gasteiger partial charge in [0.25, 0.3) is 0 Å². The van der Waals surface area contributed by atoms with Crippen LogP contribution < -0.4 is 5.32 Å². The second kappa shape index (κ2) is 3.70. The van der Waals surface area contributed by atoms with Gasteiger partial charge >= 0.3 is 5.97 Å². The molecule has 2 aliphatic rings. The number of hydrogen-bond donors (Lipinski definition) is 1. The van der Waals surface area contributed by atoms with E-state index in [0.29, 0.717) is 13.0 Å². The lowest BCUT2D eigenvalue weighted by molar-refractivity contribution is -0.155. The van der Waals surface area contributed by atoms with E-state index in [0.717, 1.165) is 5.57 Å². The Balaban J connectivity index is 2.09. The number of hydrogen-bond acceptors (Lipinski definition) is 4. The number of fused-ring (bicyclic) bond motifs is 1. The zero-order valence-electron chi connectivity index (χ0n) is 9.87. The molecule has 0 aromatic rings. The number of ketones is 1. The zero-order chi connectivity index (χ0) is 11.9. The van der Waals surface area contributed by atoms with E-state index in [9.17, 15) is 9.59 Å². The van der Waals surface area contributed by atoms with E-state index in [1.165, 1.54) is 0 Å². The van der Waals surface area contributed by atoms with Crippen LogP contribution in [-0.4, -0.2) is 29.9 Å². The molecule has 1 aliphatic carbocycles. The highest BCUT2D eigenvalue weighted by atomic mass is 16.6. The van der Waals surface area contributed by atoms with Crippen LogP contribution in [0.25, 0.3) is 0 Å². The van der Waals surface area contributed by atoms with E-state index in [1.807, 2.05) is 20.8 Å². The molecular weight excluding hydrogens is 206 g/mol. The van der Waals surface area contributed by atoms with Crippen molar-refractivity contribution in [1.29, 1.82) is 0 Å². The van der Waals surface area contributed by atoms with Crippen molar-refractivity contribution in [2.45, 2.75) is 38.8 Å². The number of carbonyl (C=O) groups excluding carboxylic acids is 2. The van der Waals surface area contributed by atoms with E-state index in [4.69, 9.17) is 4.74 Å². The fourth-order valence-electron chi connectivity index (χ4n) is 2.19. The Kier molecular flexibility index (Phi) is 2.62.